The zero-order valence-corrected chi connectivity index (χ0v) is 12.1. The molecule has 0 aromatic heterocycles. The SMILES string of the molecule is CN1CCCN(C)C1C(=O)C1N(C)CCCN1C. The highest BCUT2D eigenvalue weighted by Crippen LogP contribution is 2.18. The molecule has 0 radical (unpaired) electrons. The van der Waals surface area contributed by atoms with Crippen LogP contribution in [0.15, 0.2) is 0 Å². The van der Waals surface area contributed by atoms with Crippen LogP contribution in [-0.4, -0.2) is 92.1 Å². The van der Waals surface area contributed by atoms with Crippen molar-refractivity contribution >= 4 is 5.78 Å². The van der Waals surface area contributed by atoms with Crippen LogP contribution in [0.1, 0.15) is 12.8 Å². The molecule has 18 heavy (non-hydrogen) atoms. The third-order valence-corrected chi connectivity index (χ3v) is 4.22. The van der Waals surface area contributed by atoms with E-state index < -0.39 is 0 Å². The van der Waals surface area contributed by atoms with Crippen LogP contribution < -0.4 is 0 Å². The third kappa shape index (κ3) is 2.59. The molecule has 2 heterocycles. The smallest absolute Gasteiger partial charge is 0.196 e. The summed E-state index contributed by atoms with van der Waals surface area (Å²) >= 11 is 0. The maximum atomic E-state index is 12.8. The van der Waals surface area contributed by atoms with E-state index in [1.165, 1.54) is 0 Å². The van der Waals surface area contributed by atoms with E-state index in [4.69, 9.17) is 0 Å². The molecule has 5 heteroatoms. The number of carbonyl (C=O) groups excluding carboxylic acids is 1. The fraction of sp³-hybridized carbons (Fsp3) is 0.923. The van der Waals surface area contributed by atoms with Crippen molar-refractivity contribution in [2.24, 2.45) is 0 Å². The summed E-state index contributed by atoms with van der Waals surface area (Å²) in [6.07, 6.45) is 2.17. The summed E-state index contributed by atoms with van der Waals surface area (Å²) in [7, 11) is 8.23. The number of rotatable bonds is 2. The monoisotopic (exact) mass is 254 g/mol. The second kappa shape index (κ2) is 5.65. The van der Waals surface area contributed by atoms with Gasteiger partial charge in [-0.3, -0.25) is 24.4 Å². The largest absolute Gasteiger partial charge is 0.293 e. The Morgan fingerprint density at radius 1 is 0.722 bits per heavy atom. The van der Waals surface area contributed by atoms with Gasteiger partial charge in [0.25, 0.3) is 0 Å². The maximum Gasteiger partial charge on any atom is 0.196 e. The Kier molecular flexibility index (Phi) is 4.37. The highest BCUT2D eigenvalue weighted by Gasteiger charge is 2.39. The van der Waals surface area contributed by atoms with E-state index in [1.807, 2.05) is 0 Å². The molecule has 0 amide bonds. The zero-order chi connectivity index (χ0) is 13.3. The first-order chi connectivity index (χ1) is 8.52. The minimum absolute atomic E-state index is 0.0632. The van der Waals surface area contributed by atoms with Crippen LogP contribution >= 0.6 is 0 Å². The normalized spacial score (nSPS) is 27.8. The van der Waals surface area contributed by atoms with Gasteiger partial charge in [-0.25, -0.2) is 0 Å². The summed E-state index contributed by atoms with van der Waals surface area (Å²) in [5, 5.41) is 0. The first-order valence-corrected chi connectivity index (χ1v) is 6.87. The van der Waals surface area contributed by atoms with Gasteiger partial charge in [0, 0.05) is 26.2 Å². The summed E-state index contributed by atoms with van der Waals surface area (Å²) in [5.41, 5.74) is 0. The Labute approximate surface area is 110 Å². The van der Waals surface area contributed by atoms with Crippen molar-refractivity contribution in [1.29, 1.82) is 0 Å². The Bertz CT molecular complexity index is 261. The minimum atomic E-state index is -0.0632. The first kappa shape index (κ1) is 13.9. The van der Waals surface area contributed by atoms with Gasteiger partial charge >= 0.3 is 0 Å². The van der Waals surface area contributed by atoms with Gasteiger partial charge in [0.05, 0.1) is 0 Å². The Hall–Kier alpha value is -0.490. The van der Waals surface area contributed by atoms with E-state index in [0.717, 1.165) is 39.0 Å². The quantitative estimate of drug-likeness (QED) is 0.678. The van der Waals surface area contributed by atoms with Crippen LogP contribution in [0.2, 0.25) is 0 Å². The summed E-state index contributed by atoms with van der Waals surface area (Å²) in [6.45, 7) is 4.06. The van der Waals surface area contributed by atoms with Gasteiger partial charge in [-0.2, -0.15) is 0 Å². The molecule has 2 aliphatic rings. The van der Waals surface area contributed by atoms with E-state index in [9.17, 15) is 4.79 Å². The molecule has 0 aromatic rings. The van der Waals surface area contributed by atoms with Crippen molar-refractivity contribution in [2.75, 3.05) is 54.4 Å². The van der Waals surface area contributed by atoms with Crippen molar-refractivity contribution in [2.45, 2.75) is 25.2 Å². The molecule has 5 nitrogen and oxygen atoms in total. The lowest BCUT2D eigenvalue weighted by atomic mass is 10.1. The van der Waals surface area contributed by atoms with Crippen molar-refractivity contribution < 1.29 is 4.79 Å². The lowest BCUT2D eigenvalue weighted by Crippen LogP contribution is -2.64. The van der Waals surface area contributed by atoms with Gasteiger partial charge in [0.1, 0.15) is 12.3 Å². The number of nitrogens with zero attached hydrogens (tertiary/aromatic N) is 4. The Balaban J connectivity index is 2.13. The Morgan fingerprint density at radius 2 is 1.00 bits per heavy atom. The molecular weight excluding hydrogens is 228 g/mol. The molecule has 2 aliphatic heterocycles. The minimum Gasteiger partial charge on any atom is -0.293 e. The fourth-order valence-electron chi connectivity index (χ4n) is 3.30. The summed E-state index contributed by atoms with van der Waals surface area (Å²) in [5.74, 6) is 0.324. The van der Waals surface area contributed by atoms with Crippen LogP contribution in [0.3, 0.4) is 0 Å². The average molecular weight is 254 g/mol. The van der Waals surface area contributed by atoms with Gasteiger partial charge < -0.3 is 0 Å². The lowest BCUT2D eigenvalue weighted by Gasteiger charge is -2.45. The molecule has 2 rings (SSSR count). The number of carbonyl (C=O) groups is 1. The number of Topliss-reactive ketones (excluding diaryl/α,β-unsaturated/α-hetero) is 1. The molecule has 0 aliphatic carbocycles. The molecule has 104 valence electrons. The van der Waals surface area contributed by atoms with E-state index in [0.29, 0.717) is 5.78 Å². The molecule has 0 N–H and O–H groups in total. The Morgan fingerprint density at radius 3 is 1.28 bits per heavy atom. The van der Waals surface area contributed by atoms with Gasteiger partial charge in [0.2, 0.25) is 0 Å². The van der Waals surface area contributed by atoms with Crippen LogP contribution in [0, 0.1) is 0 Å². The van der Waals surface area contributed by atoms with Gasteiger partial charge in [-0.15, -0.1) is 0 Å². The maximum absolute atomic E-state index is 12.8. The molecule has 0 unspecified atom stereocenters. The molecule has 2 saturated heterocycles. The molecule has 0 aromatic carbocycles. The van der Waals surface area contributed by atoms with E-state index in [-0.39, 0.29) is 12.3 Å². The highest BCUT2D eigenvalue weighted by molar-refractivity contribution is 5.88. The summed E-state index contributed by atoms with van der Waals surface area (Å²) < 4.78 is 0. The van der Waals surface area contributed by atoms with Crippen molar-refractivity contribution in [3.63, 3.8) is 0 Å². The molecule has 0 saturated carbocycles. The number of hydrogen-bond acceptors (Lipinski definition) is 5. The van der Waals surface area contributed by atoms with Gasteiger partial charge in [0.15, 0.2) is 5.78 Å². The number of likely N-dealkylation sites (N-methyl/N-ethyl adjacent to an activating group) is 4. The van der Waals surface area contributed by atoms with E-state index in [1.54, 1.807) is 0 Å². The second-order valence-electron chi connectivity index (χ2n) is 5.78. The van der Waals surface area contributed by atoms with E-state index in [2.05, 4.69) is 47.8 Å². The average Bonchev–Trinajstić information content (AvgIpc) is 2.28. The summed E-state index contributed by atoms with van der Waals surface area (Å²) in [4.78, 5) is 21.6. The zero-order valence-electron chi connectivity index (χ0n) is 12.1. The van der Waals surface area contributed by atoms with Crippen LogP contribution in [0.25, 0.3) is 0 Å². The molecular formula is C13H26N4O. The molecule has 2 fully saturated rings. The van der Waals surface area contributed by atoms with Crippen molar-refractivity contribution in [3.05, 3.63) is 0 Å². The third-order valence-electron chi connectivity index (χ3n) is 4.22. The molecule has 0 bridgehead atoms. The van der Waals surface area contributed by atoms with Crippen LogP contribution in [0.5, 0.6) is 0 Å². The van der Waals surface area contributed by atoms with Crippen LogP contribution in [-0.2, 0) is 4.79 Å². The van der Waals surface area contributed by atoms with Gasteiger partial charge in [-0.1, -0.05) is 0 Å². The summed E-state index contributed by atoms with van der Waals surface area (Å²) in [6, 6.07) is 0. The standard InChI is InChI=1S/C13H26N4O/c1-14-7-5-8-15(2)12(14)11(18)13-16(3)9-6-10-17(13)4/h12-13H,5-10H2,1-4H3. The topological polar surface area (TPSA) is 30.0 Å². The molecule has 0 spiro atoms. The highest BCUT2D eigenvalue weighted by atomic mass is 16.1. The fourth-order valence-corrected chi connectivity index (χ4v) is 3.30. The van der Waals surface area contributed by atoms with Crippen molar-refractivity contribution in [3.8, 4) is 0 Å². The van der Waals surface area contributed by atoms with Gasteiger partial charge in [-0.05, 0) is 41.0 Å². The first-order valence-electron chi connectivity index (χ1n) is 6.87. The lowest BCUT2D eigenvalue weighted by molar-refractivity contribution is -0.145. The van der Waals surface area contributed by atoms with E-state index >= 15 is 0 Å². The number of hydrogen-bond donors (Lipinski definition) is 0. The predicted molar refractivity (Wildman–Crippen MR) is 72.3 cm³/mol. The predicted octanol–water partition coefficient (Wildman–Crippen LogP) is -0.258. The van der Waals surface area contributed by atoms with Crippen LogP contribution in [0.4, 0.5) is 0 Å². The van der Waals surface area contributed by atoms with Crippen molar-refractivity contribution in [1.82, 2.24) is 19.6 Å². The second-order valence-corrected chi connectivity index (χ2v) is 5.78. The molecule has 0 atom stereocenters. The number of ketones is 1.